The number of nitrogens with one attached hydrogen (secondary N) is 1. The number of nitro groups is 1. The number of halogens is 2. The van der Waals surface area contributed by atoms with E-state index in [2.05, 4.69) is 20.9 Å². The van der Waals surface area contributed by atoms with Crippen LogP contribution < -0.4 is 0 Å². The van der Waals surface area contributed by atoms with Crippen LogP contribution in [0.3, 0.4) is 0 Å². The average Bonchev–Trinajstić information content (AvgIpc) is 2.88. The van der Waals surface area contributed by atoms with Crippen LogP contribution in [-0.4, -0.2) is 16.5 Å². The maximum Gasteiger partial charge on any atom is 0.214 e. The first-order valence-electron chi connectivity index (χ1n) is 6.68. The van der Waals surface area contributed by atoms with E-state index in [1.54, 1.807) is 6.07 Å². The van der Waals surface area contributed by atoms with Crippen molar-refractivity contribution < 1.29 is 4.92 Å². The molecule has 1 N–H and O–H groups in total. The van der Waals surface area contributed by atoms with Crippen LogP contribution in [-0.2, 0) is 0 Å². The van der Waals surface area contributed by atoms with E-state index in [0.29, 0.717) is 5.02 Å². The van der Waals surface area contributed by atoms with Gasteiger partial charge in [-0.25, -0.2) is 0 Å². The van der Waals surface area contributed by atoms with Gasteiger partial charge in [0.25, 0.3) is 0 Å². The van der Waals surface area contributed by atoms with E-state index in [-0.39, 0.29) is 17.4 Å². The zero-order valence-electron chi connectivity index (χ0n) is 11.4. The van der Waals surface area contributed by atoms with Crippen molar-refractivity contribution in [3.05, 3.63) is 79.4 Å². The van der Waals surface area contributed by atoms with Crippen LogP contribution in [0.25, 0.3) is 10.9 Å². The smallest absolute Gasteiger partial charge is 0.214 e. The van der Waals surface area contributed by atoms with Crippen molar-refractivity contribution in [2.24, 2.45) is 0 Å². The first kappa shape index (κ1) is 15.1. The number of nitrogens with zero attached hydrogens (tertiary/aromatic N) is 1. The lowest BCUT2D eigenvalue weighted by Gasteiger charge is -2.13. The molecule has 4 nitrogen and oxygen atoms in total. The summed E-state index contributed by atoms with van der Waals surface area (Å²) in [6, 6.07) is 13.1. The first-order chi connectivity index (χ1) is 10.5. The van der Waals surface area contributed by atoms with Crippen molar-refractivity contribution in [2.45, 2.75) is 5.92 Å². The predicted molar refractivity (Wildman–Crippen MR) is 91.2 cm³/mol. The quantitative estimate of drug-likeness (QED) is 0.512. The van der Waals surface area contributed by atoms with Crippen molar-refractivity contribution in [3.8, 4) is 0 Å². The lowest BCUT2D eigenvalue weighted by molar-refractivity contribution is -0.481. The molecule has 22 heavy (non-hydrogen) atoms. The van der Waals surface area contributed by atoms with Gasteiger partial charge < -0.3 is 4.98 Å². The molecule has 0 fully saturated rings. The van der Waals surface area contributed by atoms with E-state index in [4.69, 9.17) is 11.6 Å². The fourth-order valence-corrected chi connectivity index (χ4v) is 3.07. The second-order valence-electron chi connectivity index (χ2n) is 5.05. The monoisotopic (exact) mass is 378 g/mol. The molecule has 1 aromatic heterocycles. The molecule has 0 aliphatic rings. The number of H-pyrrole nitrogens is 1. The van der Waals surface area contributed by atoms with E-state index in [9.17, 15) is 10.1 Å². The molecule has 3 rings (SSSR count). The lowest BCUT2D eigenvalue weighted by atomic mass is 9.91. The maximum atomic E-state index is 11.1. The molecule has 0 bridgehead atoms. The standard InChI is InChI=1S/C16H12BrClN2O2/c17-11-3-1-10(2-4-11)15(9-20(21)22)14-8-19-16-6-5-12(18)7-13(14)16/h1-8,15,19H,9H2/t15-/m1/s1. The number of fused-ring (bicyclic) bond motifs is 1. The summed E-state index contributed by atoms with van der Waals surface area (Å²) in [4.78, 5) is 14.0. The highest BCUT2D eigenvalue weighted by Crippen LogP contribution is 2.33. The van der Waals surface area contributed by atoms with Crippen LogP contribution in [0.4, 0.5) is 0 Å². The summed E-state index contributed by atoms with van der Waals surface area (Å²) < 4.78 is 0.943. The summed E-state index contributed by atoms with van der Waals surface area (Å²) in [5.41, 5.74) is 2.71. The summed E-state index contributed by atoms with van der Waals surface area (Å²) in [5.74, 6) is -0.324. The van der Waals surface area contributed by atoms with Gasteiger partial charge in [-0.15, -0.1) is 0 Å². The second kappa shape index (κ2) is 6.10. The zero-order valence-corrected chi connectivity index (χ0v) is 13.8. The highest BCUT2D eigenvalue weighted by atomic mass is 79.9. The number of aromatic nitrogens is 1. The SMILES string of the molecule is O=[N+]([O-])C[C@H](c1ccc(Br)cc1)c1c[nH]c2ccc(Cl)cc12. The van der Waals surface area contributed by atoms with Gasteiger partial charge in [-0.3, -0.25) is 10.1 Å². The van der Waals surface area contributed by atoms with Gasteiger partial charge in [0, 0.05) is 31.5 Å². The highest BCUT2D eigenvalue weighted by Gasteiger charge is 2.23. The van der Waals surface area contributed by atoms with E-state index >= 15 is 0 Å². The maximum absolute atomic E-state index is 11.1. The number of aromatic amines is 1. The summed E-state index contributed by atoms with van der Waals surface area (Å²) in [7, 11) is 0. The summed E-state index contributed by atoms with van der Waals surface area (Å²) >= 11 is 9.46. The minimum absolute atomic E-state index is 0.166. The molecule has 0 aliphatic heterocycles. The molecule has 3 aromatic rings. The molecule has 0 aliphatic carbocycles. The molecule has 0 unspecified atom stereocenters. The molecule has 0 saturated heterocycles. The van der Waals surface area contributed by atoms with Crippen LogP contribution in [0, 0.1) is 10.1 Å². The van der Waals surface area contributed by atoms with E-state index in [1.165, 1.54) is 0 Å². The third-order valence-corrected chi connectivity index (χ3v) is 4.42. The number of hydrogen-bond acceptors (Lipinski definition) is 2. The minimum Gasteiger partial charge on any atom is -0.361 e. The van der Waals surface area contributed by atoms with E-state index in [1.807, 2.05) is 42.6 Å². The van der Waals surface area contributed by atoms with Crippen molar-refractivity contribution in [2.75, 3.05) is 6.54 Å². The third-order valence-electron chi connectivity index (χ3n) is 3.66. The fraction of sp³-hybridized carbons (Fsp3) is 0.125. The molecule has 1 heterocycles. The van der Waals surface area contributed by atoms with Crippen LogP contribution in [0.2, 0.25) is 5.02 Å². The molecule has 2 aromatic carbocycles. The van der Waals surface area contributed by atoms with Crippen molar-refractivity contribution in [3.63, 3.8) is 0 Å². The lowest BCUT2D eigenvalue weighted by Crippen LogP contribution is -2.13. The molecule has 0 radical (unpaired) electrons. The first-order valence-corrected chi connectivity index (χ1v) is 7.85. The molecule has 0 amide bonds. The van der Waals surface area contributed by atoms with Crippen LogP contribution in [0.15, 0.2) is 53.1 Å². The van der Waals surface area contributed by atoms with Crippen LogP contribution in [0.5, 0.6) is 0 Å². The Labute approximate surface area is 140 Å². The fourth-order valence-electron chi connectivity index (χ4n) is 2.63. The second-order valence-corrected chi connectivity index (χ2v) is 6.41. The molecule has 0 saturated carbocycles. The van der Waals surface area contributed by atoms with Gasteiger partial charge in [-0.2, -0.15) is 0 Å². The largest absolute Gasteiger partial charge is 0.361 e. The zero-order chi connectivity index (χ0) is 15.7. The van der Waals surface area contributed by atoms with Crippen LogP contribution in [0.1, 0.15) is 17.0 Å². The Balaban J connectivity index is 2.13. The van der Waals surface area contributed by atoms with Crippen LogP contribution >= 0.6 is 27.5 Å². The van der Waals surface area contributed by atoms with Gasteiger partial charge >= 0.3 is 0 Å². The molecular formula is C16H12BrClN2O2. The Kier molecular flexibility index (Phi) is 4.18. The number of hydrogen-bond donors (Lipinski definition) is 1. The summed E-state index contributed by atoms with van der Waals surface area (Å²) in [5, 5.41) is 12.6. The predicted octanol–water partition coefficient (Wildman–Crippen LogP) is 4.99. The Morgan fingerprint density at radius 1 is 1.23 bits per heavy atom. The Hall–Kier alpha value is -1.85. The topological polar surface area (TPSA) is 58.9 Å². The van der Waals surface area contributed by atoms with Gasteiger partial charge in [0.1, 0.15) is 0 Å². The number of benzene rings is 2. The van der Waals surface area contributed by atoms with Gasteiger partial charge in [0.15, 0.2) is 0 Å². The molecular weight excluding hydrogens is 368 g/mol. The Bertz CT molecular complexity index is 830. The molecule has 6 heteroatoms. The van der Waals surface area contributed by atoms with E-state index in [0.717, 1.165) is 26.5 Å². The van der Waals surface area contributed by atoms with Gasteiger partial charge in [-0.05, 0) is 41.5 Å². The van der Waals surface area contributed by atoms with Crippen molar-refractivity contribution in [1.82, 2.24) is 4.98 Å². The summed E-state index contributed by atoms with van der Waals surface area (Å²) in [6.07, 6.45) is 1.83. The third kappa shape index (κ3) is 3.00. The Morgan fingerprint density at radius 2 is 1.95 bits per heavy atom. The summed E-state index contributed by atoms with van der Waals surface area (Å²) in [6.45, 7) is -0.166. The van der Waals surface area contributed by atoms with Crippen molar-refractivity contribution >= 4 is 38.4 Å². The molecule has 112 valence electrons. The average molecular weight is 380 g/mol. The van der Waals surface area contributed by atoms with Crippen molar-refractivity contribution in [1.29, 1.82) is 0 Å². The normalized spacial score (nSPS) is 12.5. The van der Waals surface area contributed by atoms with E-state index < -0.39 is 0 Å². The Morgan fingerprint density at radius 3 is 2.64 bits per heavy atom. The molecule has 0 spiro atoms. The molecule has 1 atom stereocenters. The van der Waals surface area contributed by atoms with Gasteiger partial charge in [-0.1, -0.05) is 39.7 Å². The highest BCUT2D eigenvalue weighted by molar-refractivity contribution is 9.10. The van der Waals surface area contributed by atoms with Gasteiger partial charge in [0.05, 0.1) is 5.92 Å². The number of rotatable bonds is 4. The van der Waals surface area contributed by atoms with Gasteiger partial charge in [0.2, 0.25) is 6.54 Å². The minimum atomic E-state index is -0.324.